The van der Waals surface area contributed by atoms with Gasteiger partial charge in [0.2, 0.25) is 10.0 Å². The summed E-state index contributed by atoms with van der Waals surface area (Å²) in [6, 6.07) is 3.71. The van der Waals surface area contributed by atoms with E-state index in [-0.39, 0.29) is 6.54 Å². The zero-order valence-corrected chi connectivity index (χ0v) is 12.2. The normalized spacial score (nSPS) is 12.1. The van der Waals surface area contributed by atoms with Crippen LogP contribution in [0.1, 0.15) is 0 Å². The Morgan fingerprint density at radius 2 is 2.00 bits per heavy atom. The van der Waals surface area contributed by atoms with Crippen molar-refractivity contribution in [1.29, 1.82) is 0 Å². The Morgan fingerprint density at radius 1 is 1.39 bits per heavy atom. The summed E-state index contributed by atoms with van der Waals surface area (Å²) in [5, 5.41) is 0. The van der Waals surface area contributed by atoms with Crippen LogP contribution in [0.2, 0.25) is 0 Å². The zero-order chi connectivity index (χ0) is 13.8. The average molecular weight is 342 g/mol. The van der Waals surface area contributed by atoms with Crippen molar-refractivity contribution in [3.8, 4) is 0 Å². The molecule has 0 aliphatic rings. The largest absolute Gasteiger partial charge is 0.355 e. The maximum absolute atomic E-state index is 13.5. The summed E-state index contributed by atoms with van der Waals surface area (Å²) in [7, 11) is -1.17. The summed E-state index contributed by atoms with van der Waals surface area (Å²) in [5.74, 6) is -0.830. The van der Waals surface area contributed by atoms with Crippen molar-refractivity contribution in [3.05, 3.63) is 28.5 Å². The number of sulfonamides is 1. The topological polar surface area (TPSA) is 64.6 Å². The van der Waals surface area contributed by atoms with Crippen molar-refractivity contribution in [3.63, 3.8) is 0 Å². The molecule has 0 amide bonds. The van der Waals surface area contributed by atoms with Gasteiger partial charge in [-0.05, 0) is 18.2 Å². The van der Waals surface area contributed by atoms with E-state index in [2.05, 4.69) is 20.7 Å². The van der Waals surface area contributed by atoms with Gasteiger partial charge in [-0.1, -0.05) is 15.9 Å². The molecule has 1 N–H and O–H groups in total. The van der Waals surface area contributed by atoms with Crippen molar-refractivity contribution < 1.29 is 22.3 Å². The second kappa shape index (κ2) is 6.58. The Bertz CT molecular complexity index is 505. The Labute approximate surface area is 113 Å². The van der Waals surface area contributed by atoms with Crippen LogP contribution in [0.4, 0.5) is 4.39 Å². The van der Waals surface area contributed by atoms with E-state index >= 15 is 0 Å². The summed E-state index contributed by atoms with van der Waals surface area (Å²) in [5.41, 5.74) is 0. The molecule has 1 rings (SSSR count). The number of ether oxygens (including phenoxy) is 2. The number of hydrogen-bond acceptors (Lipinski definition) is 4. The van der Waals surface area contributed by atoms with E-state index in [9.17, 15) is 12.8 Å². The Hall–Kier alpha value is -0.540. The Balaban J connectivity index is 2.86. The maximum atomic E-state index is 13.5. The van der Waals surface area contributed by atoms with Gasteiger partial charge in [0.15, 0.2) is 6.29 Å². The molecule has 0 bridgehead atoms. The molecule has 102 valence electrons. The van der Waals surface area contributed by atoms with E-state index in [0.717, 1.165) is 6.07 Å². The minimum absolute atomic E-state index is 0.106. The molecule has 1 aromatic rings. The molecule has 5 nitrogen and oxygen atoms in total. The third kappa shape index (κ3) is 3.99. The van der Waals surface area contributed by atoms with Gasteiger partial charge in [-0.2, -0.15) is 0 Å². The van der Waals surface area contributed by atoms with Gasteiger partial charge in [-0.25, -0.2) is 17.5 Å². The Morgan fingerprint density at radius 3 is 2.50 bits per heavy atom. The van der Waals surface area contributed by atoms with Crippen LogP contribution in [0.5, 0.6) is 0 Å². The first-order valence-corrected chi connectivity index (χ1v) is 7.18. The van der Waals surface area contributed by atoms with Gasteiger partial charge in [0.25, 0.3) is 0 Å². The fraction of sp³-hybridized carbons (Fsp3) is 0.400. The van der Waals surface area contributed by atoms with Crippen molar-refractivity contribution in [2.75, 3.05) is 20.8 Å². The molecule has 0 aromatic heterocycles. The van der Waals surface area contributed by atoms with E-state index in [1.54, 1.807) is 0 Å². The number of hydrogen-bond donors (Lipinski definition) is 1. The lowest BCUT2D eigenvalue weighted by molar-refractivity contribution is -0.0960. The summed E-state index contributed by atoms with van der Waals surface area (Å²) < 4.78 is 49.5. The summed E-state index contributed by atoms with van der Waals surface area (Å²) in [6.07, 6.45) is -0.724. The van der Waals surface area contributed by atoms with Gasteiger partial charge in [-0.3, -0.25) is 0 Å². The van der Waals surface area contributed by atoms with Crippen molar-refractivity contribution in [1.82, 2.24) is 4.72 Å². The molecule has 0 spiro atoms. The first kappa shape index (κ1) is 15.5. The lowest BCUT2D eigenvalue weighted by Crippen LogP contribution is -2.34. The number of nitrogens with one attached hydrogen (secondary N) is 1. The van der Waals surface area contributed by atoms with E-state index in [0.29, 0.717) is 4.47 Å². The zero-order valence-electron chi connectivity index (χ0n) is 9.81. The second-order valence-electron chi connectivity index (χ2n) is 3.33. The Kier molecular flexibility index (Phi) is 5.67. The molecule has 0 aliphatic carbocycles. The number of rotatable bonds is 6. The van der Waals surface area contributed by atoms with E-state index in [1.165, 1.54) is 26.4 Å². The molecule has 1 aromatic carbocycles. The van der Waals surface area contributed by atoms with E-state index in [4.69, 9.17) is 9.47 Å². The predicted molar refractivity (Wildman–Crippen MR) is 67.1 cm³/mol. The summed E-state index contributed by atoms with van der Waals surface area (Å²) in [4.78, 5) is -0.420. The van der Waals surface area contributed by atoms with Crippen LogP contribution < -0.4 is 4.72 Å². The van der Waals surface area contributed by atoms with Gasteiger partial charge in [-0.15, -0.1) is 0 Å². The van der Waals surface area contributed by atoms with Crippen LogP contribution in [-0.4, -0.2) is 35.5 Å². The molecule has 0 heterocycles. The minimum Gasteiger partial charge on any atom is -0.355 e. The first-order valence-electron chi connectivity index (χ1n) is 4.91. The SMILES string of the molecule is COC(CNS(=O)(=O)c1ccc(Br)cc1F)OC. The van der Waals surface area contributed by atoms with Crippen LogP contribution in [-0.2, 0) is 19.5 Å². The average Bonchev–Trinajstić information content (AvgIpc) is 2.29. The van der Waals surface area contributed by atoms with Gasteiger partial charge in [0.05, 0.1) is 6.54 Å². The van der Waals surface area contributed by atoms with Crippen molar-refractivity contribution in [2.45, 2.75) is 11.2 Å². The summed E-state index contributed by atoms with van der Waals surface area (Å²) in [6.45, 7) is -0.106. The number of benzene rings is 1. The highest BCUT2D eigenvalue weighted by atomic mass is 79.9. The van der Waals surface area contributed by atoms with Crippen molar-refractivity contribution in [2.24, 2.45) is 0 Å². The third-order valence-electron chi connectivity index (χ3n) is 2.15. The molecule has 0 radical (unpaired) electrons. The van der Waals surface area contributed by atoms with Gasteiger partial charge < -0.3 is 9.47 Å². The van der Waals surface area contributed by atoms with Gasteiger partial charge >= 0.3 is 0 Å². The molecule has 0 unspecified atom stereocenters. The van der Waals surface area contributed by atoms with Crippen LogP contribution in [0, 0.1) is 5.82 Å². The van der Waals surface area contributed by atoms with Crippen LogP contribution in [0.3, 0.4) is 0 Å². The summed E-state index contributed by atoms with van der Waals surface area (Å²) >= 11 is 3.05. The van der Waals surface area contributed by atoms with Crippen molar-refractivity contribution >= 4 is 26.0 Å². The predicted octanol–water partition coefficient (Wildman–Crippen LogP) is 1.49. The van der Waals surface area contributed by atoms with Gasteiger partial charge in [0.1, 0.15) is 10.7 Å². The van der Waals surface area contributed by atoms with Crippen LogP contribution in [0.25, 0.3) is 0 Å². The number of methoxy groups -OCH3 is 2. The first-order chi connectivity index (χ1) is 8.40. The highest BCUT2D eigenvalue weighted by Gasteiger charge is 2.20. The molecule has 0 aliphatic heterocycles. The second-order valence-corrected chi connectivity index (χ2v) is 5.98. The molecule has 0 saturated carbocycles. The fourth-order valence-electron chi connectivity index (χ4n) is 1.21. The maximum Gasteiger partial charge on any atom is 0.243 e. The molecule has 0 fully saturated rings. The minimum atomic E-state index is -3.93. The fourth-order valence-corrected chi connectivity index (χ4v) is 2.62. The van der Waals surface area contributed by atoms with E-state index < -0.39 is 27.0 Å². The number of halogens is 2. The highest BCUT2D eigenvalue weighted by molar-refractivity contribution is 9.10. The smallest absolute Gasteiger partial charge is 0.243 e. The molecule has 18 heavy (non-hydrogen) atoms. The highest BCUT2D eigenvalue weighted by Crippen LogP contribution is 2.19. The van der Waals surface area contributed by atoms with E-state index in [1.807, 2.05) is 0 Å². The standard InChI is InChI=1S/C10H13BrFNO4S/c1-16-10(17-2)6-13-18(14,15)9-4-3-7(11)5-8(9)12/h3-5,10,13H,6H2,1-2H3. The molecule has 8 heteroatoms. The monoisotopic (exact) mass is 341 g/mol. The molecular weight excluding hydrogens is 329 g/mol. The molecule has 0 atom stereocenters. The van der Waals surface area contributed by atoms with Crippen LogP contribution in [0.15, 0.2) is 27.6 Å². The third-order valence-corrected chi connectivity index (χ3v) is 4.10. The quantitative estimate of drug-likeness (QED) is 0.796. The molecule has 0 saturated heterocycles. The lowest BCUT2D eigenvalue weighted by atomic mass is 10.3. The molecular formula is C10H13BrFNO4S. The van der Waals surface area contributed by atoms with Gasteiger partial charge in [0, 0.05) is 18.7 Å². The van der Waals surface area contributed by atoms with Crippen LogP contribution >= 0.6 is 15.9 Å². The lowest BCUT2D eigenvalue weighted by Gasteiger charge is -2.14.